The first kappa shape index (κ1) is 19.0. The summed E-state index contributed by atoms with van der Waals surface area (Å²) >= 11 is 0. The Morgan fingerprint density at radius 2 is 1.92 bits per heavy atom. The van der Waals surface area contributed by atoms with Crippen molar-refractivity contribution in [1.82, 2.24) is 10.2 Å². The second-order valence-electron chi connectivity index (χ2n) is 8.43. The summed E-state index contributed by atoms with van der Waals surface area (Å²) in [4.78, 5) is 26.4. The van der Waals surface area contributed by atoms with Crippen LogP contribution < -0.4 is 5.32 Å². The number of amides is 2. The predicted octanol–water partition coefficient (Wildman–Crippen LogP) is 2.42. The van der Waals surface area contributed by atoms with Gasteiger partial charge in [-0.3, -0.25) is 4.79 Å². The van der Waals surface area contributed by atoms with Crippen molar-refractivity contribution in [1.29, 1.82) is 0 Å². The molecule has 138 valence electrons. The molecule has 1 spiro atoms. The van der Waals surface area contributed by atoms with E-state index in [0.717, 1.165) is 32.6 Å². The van der Waals surface area contributed by atoms with Gasteiger partial charge in [-0.1, -0.05) is 13.8 Å². The summed E-state index contributed by atoms with van der Waals surface area (Å²) in [7, 11) is 0. The van der Waals surface area contributed by atoms with Gasteiger partial charge < -0.3 is 19.7 Å². The molecule has 2 rings (SSSR count). The van der Waals surface area contributed by atoms with Crippen LogP contribution in [-0.2, 0) is 14.3 Å². The normalized spacial score (nSPS) is 23.6. The number of nitrogens with one attached hydrogen (secondary N) is 1. The summed E-state index contributed by atoms with van der Waals surface area (Å²) in [5.74, 6) is 0.441. The van der Waals surface area contributed by atoms with Crippen LogP contribution in [0.2, 0.25) is 0 Å². The van der Waals surface area contributed by atoms with Crippen LogP contribution in [0.5, 0.6) is 0 Å². The van der Waals surface area contributed by atoms with Gasteiger partial charge in [-0.05, 0) is 39.0 Å². The first-order valence-electron chi connectivity index (χ1n) is 8.96. The molecule has 6 nitrogen and oxygen atoms in total. The van der Waals surface area contributed by atoms with Crippen molar-refractivity contribution in [2.24, 2.45) is 17.3 Å². The van der Waals surface area contributed by atoms with E-state index in [0.29, 0.717) is 13.1 Å². The predicted molar refractivity (Wildman–Crippen MR) is 91.6 cm³/mol. The molecular weight excluding hydrogens is 308 g/mol. The van der Waals surface area contributed by atoms with E-state index >= 15 is 0 Å². The third-order valence-corrected chi connectivity index (χ3v) is 5.00. The Morgan fingerprint density at radius 3 is 2.46 bits per heavy atom. The van der Waals surface area contributed by atoms with Crippen molar-refractivity contribution in [3.8, 4) is 0 Å². The molecule has 1 atom stereocenters. The number of alkyl carbamates (subject to hydrolysis) is 1. The van der Waals surface area contributed by atoms with Crippen molar-refractivity contribution >= 4 is 12.0 Å². The van der Waals surface area contributed by atoms with Crippen LogP contribution in [0.4, 0.5) is 4.79 Å². The maximum Gasteiger partial charge on any atom is 0.407 e. The van der Waals surface area contributed by atoms with Crippen LogP contribution in [0.25, 0.3) is 0 Å². The van der Waals surface area contributed by atoms with Gasteiger partial charge in [0.1, 0.15) is 5.60 Å². The van der Waals surface area contributed by atoms with Gasteiger partial charge in [-0.25, -0.2) is 4.79 Å². The molecule has 1 N–H and O–H groups in total. The second kappa shape index (κ2) is 7.30. The highest BCUT2D eigenvalue weighted by atomic mass is 16.6. The molecule has 2 heterocycles. The lowest BCUT2D eigenvalue weighted by atomic mass is 9.72. The number of rotatable bonds is 3. The summed E-state index contributed by atoms with van der Waals surface area (Å²) in [5, 5.41) is 2.90. The topological polar surface area (TPSA) is 67.9 Å². The molecule has 24 heavy (non-hydrogen) atoms. The second-order valence-corrected chi connectivity index (χ2v) is 8.43. The minimum atomic E-state index is -0.504. The number of hydrogen-bond donors (Lipinski definition) is 1. The summed E-state index contributed by atoms with van der Waals surface area (Å²) in [6.45, 7) is 12.9. The fourth-order valence-electron chi connectivity index (χ4n) is 3.71. The van der Waals surface area contributed by atoms with Gasteiger partial charge in [0, 0.05) is 44.7 Å². The maximum absolute atomic E-state index is 12.4. The van der Waals surface area contributed by atoms with Gasteiger partial charge in [0.15, 0.2) is 0 Å². The minimum Gasteiger partial charge on any atom is -0.444 e. The van der Waals surface area contributed by atoms with Crippen LogP contribution in [0.15, 0.2) is 0 Å². The van der Waals surface area contributed by atoms with Crippen molar-refractivity contribution in [2.75, 3.05) is 32.8 Å². The number of ether oxygens (including phenoxy) is 2. The van der Waals surface area contributed by atoms with Gasteiger partial charge in [-0.15, -0.1) is 0 Å². The fourth-order valence-corrected chi connectivity index (χ4v) is 3.71. The van der Waals surface area contributed by atoms with Crippen LogP contribution in [-0.4, -0.2) is 55.3 Å². The highest BCUT2D eigenvalue weighted by molar-refractivity contribution is 5.78. The van der Waals surface area contributed by atoms with Crippen LogP contribution >= 0.6 is 0 Å². The Hall–Kier alpha value is -1.30. The SMILES string of the molecule is CC(C)C(=O)N1C[C@H](CNC(=O)OC(C)(C)C)C2(CCOCC2)C1. The van der Waals surface area contributed by atoms with Gasteiger partial charge >= 0.3 is 6.09 Å². The molecule has 0 saturated carbocycles. The van der Waals surface area contributed by atoms with Crippen LogP contribution in [0, 0.1) is 17.3 Å². The number of hydrogen-bond acceptors (Lipinski definition) is 4. The van der Waals surface area contributed by atoms with E-state index in [9.17, 15) is 9.59 Å². The van der Waals surface area contributed by atoms with Crippen molar-refractivity contribution < 1.29 is 19.1 Å². The summed E-state index contributed by atoms with van der Waals surface area (Å²) in [5.41, 5.74) is -0.451. The molecular formula is C18H32N2O4. The Kier molecular flexibility index (Phi) is 5.78. The maximum atomic E-state index is 12.4. The summed E-state index contributed by atoms with van der Waals surface area (Å²) in [6, 6.07) is 0. The zero-order valence-corrected chi connectivity index (χ0v) is 15.7. The molecule has 0 aromatic heterocycles. The fraction of sp³-hybridized carbons (Fsp3) is 0.889. The summed E-state index contributed by atoms with van der Waals surface area (Å²) < 4.78 is 10.9. The van der Waals surface area contributed by atoms with Crippen LogP contribution in [0.1, 0.15) is 47.5 Å². The lowest BCUT2D eigenvalue weighted by Gasteiger charge is -2.38. The highest BCUT2D eigenvalue weighted by Gasteiger charge is 2.48. The third kappa shape index (κ3) is 4.62. The molecule has 6 heteroatoms. The Bertz CT molecular complexity index is 464. The smallest absolute Gasteiger partial charge is 0.407 e. The Balaban J connectivity index is 2.02. The average Bonchev–Trinajstić information content (AvgIpc) is 2.81. The Labute approximate surface area is 145 Å². The molecule has 0 aromatic carbocycles. The molecule has 0 aromatic rings. The number of carbonyl (C=O) groups excluding carboxylic acids is 2. The van der Waals surface area contributed by atoms with Gasteiger partial charge in [0.05, 0.1) is 0 Å². The molecule has 0 aliphatic carbocycles. The van der Waals surface area contributed by atoms with E-state index in [-0.39, 0.29) is 23.2 Å². The quantitative estimate of drug-likeness (QED) is 0.857. The van der Waals surface area contributed by atoms with Crippen LogP contribution in [0.3, 0.4) is 0 Å². The molecule has 2 amide bonds. The van der Waals surface area contributed by atoms with Gasteiger partial charge in [0.2, 0.25) is 5.91 Å². The van der Waals surface area contributed by atoms with E-state index in [1.807, 2.05) is 39.5 Å². The van der Waals surface area contributed by atoms with E-state index in [2.05, 4.69) is 5.32 Å². The Morgan fingerprint density at radius 1 is 1.29 bits per heavy atom. The first-order chi connectivity index (χ1) is 11.1. The van der Waals surface area contributed by atoms with Gasteiger partial charge in [0.25, 0.3) is 0 Å². The molecule has 0 unspecified atom stereocenters. The molecule has 2 aliphatic heterocycles. The highest BCUT2D eigenvalue weighted by Crippen LogP contribution is 2.44. The zero-order valence-electron chi connectivity index (χ0n) is 15.7. The standard InChI is InChI=1S/C18H32N2O4/c1-13(2)15(21)20-11-14(10-19-16(22)24-17(3,4)5)18(12-20)6-8-23-9-7-18/h13-14H,6-12H2,1-5H3,(H,19,22)/t14-/m0/s1. The van der Waals surface area contributed by atoms with E-state index in [1.165, 1.54) is 0 Å². The van der Waals surface area contributed by atoms with Crippen molar-refractivity contribution in [2.45, 2.75) is 53.1 Å². The monoisotopic (exact) mass is 340 g/mol. The van der Waals surface area contributed by atoms with Gasteiger partial charge in [-0.2, -0.15) is 0 Å². The number of carbonyl (C=O) groups is 2. The third-order valence-electron chi connectivity index (χ3n) is 5.00. The molecule has 2 aliphatic rings. The molecule has 2 fully saturated rings. The lowest BCUT2D eigenvalue weighted by Crippen LogP contribution is -2.43. The molecule has 0 radical (unpaired) electrons. The molecule has 2 saturated heterocycles. The summed E-state index contributed by atoms with van der Waals surface area (Å²) in [6.07, 6.45) is 1.49. The average molecular weight is 340 g/mol. The van der Waals surface area contributed by atoms with Crippen molar-refractivity contribution in [3.63, 3.8) is 0 Å². The lowest BCUT2D eigenvalue weighted by molar-refractivity contribution is -0.134. The first-order valence-corrected chi connectivity index (χ1v) is 8.96. The number of nitrogens with zero attached hydrogens (tertiary/aromatic N) is 1. The largest absolute Gasteiger partial charge is 0.444 e. The molecule has 0 bridgehead atoms. The van der Waals surface area contributed by atoms with E-state index in [1.54, 1.807) is 0 Å². The minimum absolute atomic E-state index is 0.000504. The zero-order chi connectivity index (χ0) is 18.0. The van der Waals surface area contributed by atoms with Crippen molar-refractivity contribution in [3.05, 3.63) is 0 Å². The number of likely N-dealkylation sites (tertiary alicyclic amines) is 1. The van der Waals surface area contributed by atoms with E-state index in [4.69, 9.17) is 9.47 Å². The van der Waals surface area contributed by atoms with E-state index < -0.39 is 11.7 Å².